The smallest absolute Gasteiger partial charge is 0.0840 e. The largest absolute Gasteiger partial charge is 0.297 e. The highest BCUT2D eigenvalue weighted by Crippen LogP contribution is 2.18. The first-order valence-electron chi connectivity index (χ1n) is 8.29. The number of fused-ring (bicyclic) bond motifs is 1. The Kier molecular flexibility index (Phi) is 4.09. The third-order valence-electron chi connectivity index (χ3n) is 4.64. The van der Waals surface area contributed by atoms with E-state index in [-0.39, 0.29) is 0 Å². The number of nitrogens with zero attached hydrogens (tertiary/aromatic N) is 3. The van der Waals surface area contributed by atoms with Gasteiger partial charge < -0.3 is 0 Å². The standard InChI is InChI=1S/C19H22N4/c1-2-6-16(7-3-1)14-22-10-12-23(13-11-22)15-19-17-8-4-5-9-18(17)20-21-19/h1-9H,10-15H2,(H,20,21). The molecule has 0 spiro atoms. The topological polar surface area (TPSA) is 35.2 Å². The highest BCUT2D eigenvalue weighted by atomic mass is 15.3. The number of piperazine rings is 1. The van der Waals surface area contributed by atoms with Crippen molar-refractivity contribution in [2.75, 3.05) is 26.2 Å². The summed E-state index contributed by atoms with van der Waals surface area (Å²) < 4.78 is 0. The second-order valence-electron chi connectivity index (χ2n) is 6.25. The molecular weight excluding hydrogens is 284 g/mol. The molecule has 1 aromatic heterocycles. The van der Waals surface area contributed by atoms with E-state index in [4.69, 9.17) is 0 Å². The number of aromatic nitrogens is 2. The first kappa shape index (κ1) is 14.4. The molecule has 23 heavy (non-hydrogen) atoms. The van der Waals surface area contributed by atoms with Gasteiger partial charge in [-0.3, -0.25) is 14.9 Å². The van der Waals surface area contributed by atoms with Crippen molar-refractivity contribution in [3.05, 3.63) is 65.9 Å². The molecule has 1 fully saturated rings. The van der Waals surface area contributed by atoms with E-state index in [1.54, 1.807) is 0 Å². The van der Waals surface area contributed by atoms with Gasteiger partial charge in [-0.25, -0.2) is 0 Å². The molecule has 0 saturated carbocycles. The molecule has 118 valence electrons. The van der Waals surface area contributed by atoms with Gasteiger partial charge in [-0.05, 0) is 11.6 Å². The summed E-state index contributed by atoms with van der Waals surface area (Å²) in [4.78, 5) is 5.04. The Labute approximate surface area is 136 Å². The molecule has 1 aliphatic heterocycles. The summed E-state index contributed by atoms with van der Waals surface area (Å²) in [6.45, 7) is 6.44. The summed E-state index contributed by atoms with van der Waals surface area (Å²) in [7, 11) is 0. The molecule has 4 heteroatoms. The SMILES string of the molecule is c1ccc(CN2CCN(Cc3n[nH]c4ccccc34)CC2)cc1. The van der Waals surface area contributed by atoms with Crippen molar-refractivity contribution in [3.8, 4) is 0 Å². The lowest BCUT2D eigenvalue weighted by Crippen LogP contribution is -2.45. The average Bonchev–Trinajstić information content (AvgIpc) is 3.01. The molecule has 4 rings (SSSR count). The van der Waals surface area contributed by atoms with Crippen molar-refractivity contribution in [2.24, 2.45) is 0 Å². The quantitative estimate of drug-likeness (QED) is 0.805. The van der Waals surface area contributed by atoms with Gasteiger partial charge in [0.05, 0.1) is 11.2 Å². The summed E-state index contributed by atoms with van der Waals surface area (Å²) in [6.07, 6.45) is 0. The lowest BCUT2D eigenvalue weighted by molar-refractivity contribution is 0.121. The molecule has 0 bridgehead atoms. The van der Waals surface area contributed by atoms with E-state index >= 15 is 0 Å². The molecular formula is C19H22N4. The van der Waals surface area contributed by atoms with Gasteiger partial charge in [-0.15, -0.1) is 0 Å². The molecule has 0 radical (unpaired) electrons. The van der Waals surface area contributed by atoms with Crippen LogP contribution in [0, 0.1) is 0 Å². The third-order valence-corrected chi connectivity index (χ3v) is 4.64. The molecule has 2 aromatic carbocycles. The monoisotopic (exact) mass is 306 g/mol. The maximum Gasteiger partial charge on any atom is 0.0840 e. The number of hydrogen-bond acceptors (Lipinski definition) is 3. The van der Waals surface area contributed by atoms with Gasteiger partial charge in [-0.1, -0.05) is 48.5 Å². The van der Waals surface area contributed by atoms with Crippen molar-refractivity contribution in [1.82, 2.24) is 20.0 Å². The lowest BCUT2D eigenvalue weighted by atomic mass is 10.2. The second-order valence-corrected chi connectivity index (χ2v) is 6.25. The fraction of sp³-hybridized carbons (Fsp3) is 0.316. The van der Waals surface area contributed by atoms with Crippen LogP contribution in [0.3, 0.4) is 0 Å². The molecule has 0 aliphatic carbocycles. The van der Waals surface area contributed by atoms with Crippen LogP contribution in [0.15, 0.2) is 54.6 Å². The number of aromatic amines is 1. The normalized spacial score (nSPS) is 16.9. The summed E-state index contributed by atoms with van der Waals surface area (Å²) in [6, 6.07) is 19.1. The number of rotatable bonds is 4. The highest BCUT2D eigenvalue weighted by molar-refractivity contribution is 5.81. The molecule has 0 atom stereocenters. The molecule has 0 amide bonds. The van der Waals surface area contributed by atoms with Gasteiger partial charge in [0.1, 0.15) is 0 Å². The van der Waals surface area contributed by atoms with Gasteiger partial charge in [0, 0.05) is 44.7 Å². The minimum atomic E-state index is 0.934. The third kappa shape index (κ3) is 3.28. The van der Waals surface area contributed by atoms with Gasteiger partial charge in [0.25, 0.3) is 0 Å². The van der Waals surface area contributed by atoms with Crippen LogP contribution in [-0.4, -0.2) is 46.2 Å². The first-order chi connectivity index (χ1) is 11.4. The molecule has 1 saturated heterocycles. The fourth-order valence-corrected chi connectivity index (χ4v) is 3.30. The molecule has 3 aromatic rings. The Hall–Kier alpha value is -2.17. The van der Waals surface area contributed by atoms with Gasteiger partial charge in [-0.2, -0.15) is 5.10 Å². The predicted octanol–water partition coefficient (Wildman–Crippen LogP) is 2.88. The molecule has 1 aliphatic rings. The van der Waals surface area contributed by atoms with Crippen molar-refractivity contribution in [3.63, 3.8) is 0 Å². The predicted molar refractivity (Wildman–Crippen MR) is 93.1 cm³/mol. The first-order valence-corrected chi connectivity index (χ1v) is 8.29. The Balaban J connectivity index is 1.35. The minimum Gasteiger partial charge on any atom is -0.297 e. The zero-order chi connectivity index (χ0) is 15.5. The number of hydrogen-bond donors (Lipinski definition) is 1. The van der Waals surface area contributed by atoms with Crippen molar-refractivity contribution < 1.29 is 0 Å². The van der Waals surface area contributed by atoms with E-state index in [1.165, 1.54) is 10.9 Å². The molecule has 4 nitrogen and oxygen atoms in total. The Morgan fingerprint density at radius 3 is 2.22 bits per heavy atom. The van der Waals surface area contributed by atoms with Crippen LogP contribution in [0.5, 0.6) is 0 Å². The second kappa shape index (κ2) is 6.52. The number of benzene rings is 2. The number of H-pyrrole nitrogens is 1. The van der Waals surface area contributed by atoms with E-state index in [1.807, 2.05) is 6.07 Å². The summed E-state index contributed by atoms with van der Waals surface area (Å²) in [5.41, 5.74) is 3.70. The van der Waals surface area contributed by atoms with E-state index in [0.717, 1.165) is 50.5 Å². The molecule has 0 unspecified atom stereocenters. The van der Waals surface area contributed by atoms with E-state index in [2.05, 4.69) is 68.5 Å². The van der Waals surface area contributed by atoms with E-state index < -0.39 is 0 Å². The van der Waals surface area contributed by atoms with Crippen LogP contribution in [0.4, 0.5) is 0 Å². The van der Waals surface area contributed by atoms with Crippen LogP contribution in [-0.2, 0) is 13.1 Å². The number of para-hydroxylation sites is 1. The lowest BCUT2D eigenvalue weighted by Gasteiger charge is -2.34. The van der Waals surface area contributed by atoms with Crippen LogP contribution in [0.2, 0.25) is 0 Å². The van der Waals surface area contributed by atoms with Crippen molar-refractivity contribution >= 4 is 10.9 Å². The van der Waals surface area contributed by atoms with Crippen LogP contribution in [0.1, 0.15) is 11.3 Å². The van der Waals surface area contributed by atoms with E-state index in [9.17, 15) is 0 Å². The Bertz CT molecular complexity index is 757. The summed E-state index contributed by atoms with van der Waals surface area (Å²) in [5, 5.41) is 8.88. The maximum absolute atomic E-state index is 4.50. The average molecular weight is 306 g/mol. The van der Waals surface area contributed by atoms with Crippen LogP contribution >= 0.6 is 0 Å². The van der Waals surface area contributed by atoms with E-state index in [0.29, 0.717) is 0 Å². The minimum absolute atomic E-state index is 0.934. The molecule has 1 N–H and O–H groups in total. The number of nitrogens with one attached hydrogen (secondary N) is 1. The van der Waals surface area contributed by atoms with Gasteiger partial charge in [0.2, 0.25) is 0 Å². The zero-order valence-electron chi connectivity index (χ0n) is 13.3. The Morgan fingerprint density at radius 1 is 0.783 bits per heavy atom. The summed E-state index contributed by atoms with van der Waals surface area (Å²) in [5.74, 6) is 0. The highest BCUT2D eigenvalue weighted by Gasteiger charge is 2.18. The van der Waals surface area contributed by atoms with Gasteiger partial charge >= 0.3 is 0 Å². The van der Waals surface area contributed by atoms with Gasteiger partial charge in [0.15, 0.2) is 0 Å². The maximum atomic E-state index is 4.50. The molecule has 2 heterocycles. The van der Waals surface area contributed by atoms with Crippen molar-refractivity contribution in [1.29, 1.82) is 0 Å². The Morgan fingerprint density at radius 2 is 1.43 bits per heavy atom. The summed E-state index contributed by atoms with van der Waals surface area (Å²) >= 11 is 0. The van der Waals surface area contributed by atoms with Crippen LogP contribution < -0.4 is 0 Å². The zero-order valence-corrected chi connectivity index (χ0v) is 13.3. The van der Waals surface area contributed by atoms with Crippen molar-refractivity contribution in [2.45, 2.75) is 13.1 Å². The van der Waals surface area contributed by atoms with Crippen LogP contribution in [0.25, 0.3) is 10.9 Å². The fourth-order valence-electron chi connectivity index (χ4n) is 3.30.